The summed E-state index contributed by atoms with van der Waals surface area (Å²) in [5.74, 6) is 0.175. The van der Waals surface area contributed by atoms with Gasteiger partial charge in [-0.2, -0.15) is 0 Å². The molecule has 0 aliphatic carbocycles. The maximum Gasteiger partial charge on any atom is 0.215 e. The Balaban J connectivity index is 4.27. The maximum absolute atomic E-state index is 11.7. The zero-order valence-electron chi connectivity index (χ0n) is 9.58. The Labute approximate surface area is 87.7 Å². The Morgan fingerprint density at radius 3 is 2.43 bits per heavy atom. The molecular formula is C9H22N2O2S. The lowest BCUT2D eigenvalue weighted by molar-refractivity contribution is 0.368. The summed E-state index contributed by atoms with van der Waals surface area (Å²) in [7, 11) is 0.340. The Kier molecular flexibility index (Phi) is 6.31. The van der Waals surface area contributed by atoms with Crippen LogP contribution in [0, 0.1) is 0 Å². The summed E-state index contributed by atoms with van der Waals surface area (Å²) in [4.78, 5) is 0. The molecule has 0 aromatic heterocycles. The van der Waals surface area contributed by atoms with Gasteiger partial charge in [0.2, 0.25) is 10.0 Å². The van der Waals surface area contributed by atoms with Gasteiger partial charge in [0.1, 0.15) is 0 Å². The molecule has 0 saturated heterocycles. The molecule has 0 fully saturated rings. The largest absolute Gasteiger partial charge is 0.319 e. The molecule has 0 heterocycles. The predicted octanol–water partition coefficient (Wildman–Crippen LogP) is 0.656. The molecule has 5 heteroatoms. The zero-order valence-corrected chi connectivity index (χ0v) is 10.4. The second kappa shape index (κ2) is 6.37. The van der Waals surface area contributed by atoms with Crippen LogP contribution in [0.5, 0.6) is 0 Å². The van der Waals surface area contributed by atoms with E-state index in [0.29, 0.717) is 6.54 Å². The van der Waals surface area contributed by atoms with E-state index in [1.54, 1.807) is 14.1 Å². The smallest absolute Gasteiger partial charge is 0.215 e. The maximum atomic E-state index is 11.7. The Morgan fingerprint density at radius 1 is 1.43 bits per heavy atom. The van der Waals surface area contributed by atoms with Gasteiger partial charge in [-0.3, -0.25) is 0 Å². The summed E-state index contributed by atoms with van der Waals surface area (Å²) in [5, 5.41) is 2.84. The SMILES string of the molecule is CCCC(C)N(C)S(=O)(=O)CCNC. The minimum absolute atomic E-state index is 0.0989. The minimum atomic E-state index is -3.07. The third kappa shape index (κ3) is 4.39. The molecule has 0 saturated carbocycles. The third-order valence-corrected chi connectivity index (χ3v) is 4.33. The minimum Gasteiger partial charge on any atom is -0.319 e. The van der Waals surface area contributed by atoms with Gasteiger partial charge in [0, 0.05) is 19.6 Å². The molecular weight excluding hydrogens is 200 g/mol. The lowest BCUT2D eigenvalue weighted by atomic mass is 10.2. The molecule has 0 amide bonds. The molecule has 1 atom stereocenters. The molecule has 4 nitrogen and oxygen atoms in total. The number of rotatable bonds is 7. The summed E-state index contributed by atoms with van der Waals surface area (Å²) < 4.78 is 24.9. The normalized spacial score (nSPS) is 14.6. The summed E-state index contributed by atoms with van der Waals surface area (Å²) in [5.41, 5.74) is 0. The fourth-order valence-corrected chi connectivity index (χ4v) is 2.65. The van der Waals surface area contributed by atoms with Gasteiger partial charge in [-0.1, -0.05) is 13.3 Å². The van der Waals surface area contributed by atoms with Gasteiger partial charge in [0.05, 0.1) is 5.75 Å². The van der Waals surface area contributed by atoms with E-state index >= 15 is 0 Å². The standard InChI is InChI=1S/C9H22N2O2S/c1-5-6-9(2)11(4)14(12,13)8-7-10-3/h9-10H,5-8H2,1-4H3. The number of nitrogens with one attached hydrogen (secondary N) is 1. The highest BCUT2D eigenvalue weighted by molar-refractivity contribution is 7.89. The van der Waals surface area contributed by atoms with Crippen LogP contribution < -0.4 is 5.32 Å². The predicted molar refractivity (Wildman–Crippen MR) is 59.8 cm³/mol. The van der Waals surface area contributed by atoms with Crippen molar-refractivity contribution in [3.8, 4) is 0 Å². The second-order valence-electron chi connectivity index (χ2n) is 3.57. The zero-order chi connectivity index (χ0) is 11.2. The van der Waals surface area contributed by atoms with E-state index in [9.17, 15) is 8.42 Å². The van der Waals surface area contributed by atoms with Crippen molar-refractivity contribution in [2.75, 3.05) is 26.4 Å². The molecule has 0 aromatic rings. The molecule has 0 spiro atoms. The van der Waals surface area contributed by atoms with E-state index in [1.807, 2.05) is 6.92 Å². The highest BCUT2D eigenvalue weighted by Gasteiger charge is 2.21. The molecule has 0 radical (unpaired) electrons. The van der Waals surface area contributed by atoms with Crippen LogP contribution in [-0.4, -0.2) is 45.2 Å². The molecule has 0 aromatic carbocycles. The Hall–Kier alpha value is -0.130. The van der Waals surface area contributed by atoms with Crippen LogP contribution in [0.1, 0.15) is 26.7 Å². The van der Waals surface area contributed by atoms with Crippen molar-refractivity contribution >= 4 is 10.0 Å². The molecule has 86 valence electrons. The van der Waals surface area contributed by atoms with Crippen LogP contribution in [0.15, 0.2) is 0 Å². The first-order chi connectivity index (χ1) is 6.45. The summed E-state index contributed by atoms with van der Waals surface area (Å²) in [6.45, 7) is 4.51. The molecule has 0 aliphatic rings. The molecule has 0 aliphatic heterocycles. The molecule has 0 rings (SSSR count). The molecule has 14 heavy (non-hydrogen) atoms. The summed E-state index contributed by atoms with van der Waals surface area (Å²) >= 11 is 0. The lowest BCUT2D eigenvalue weighted by Crippen LogP contribution is -2.38. The number of nitrogens with zero attached hydrogens (tertiary/aromatic N) is 1. The average molecular weight is 222 g/mol. The van der Waals surface area contributed by atoms with E-state index < -0.39 is 10.0 Å². The van der Waals surface area contributed by atoms with Crippen LogP contribution in [0.4, 0.5) is 0 Å². The fourth-order valence-electron chi connectivity index (χ4n) is 1.25. The summed E-state index contributed by atoms with van der Waals surface area (Å²) in [6, 6.07) is 0.0989. The second-order valence-corrected chi connectivity index (χ2v) is 5.72. The number of hydrogen-bond donors (Lipinski definition) is 1. The quantitative estimate of drug-likeness (QED) is 0.688. The topological polar surface area (TPSA) is 49.4 Å². The fraction of sp³-hybridized carbons (Fsp3) is 1.00. The highest BCUT2D eigenvalue weighted by atomic mass is 32.2. The third-order valence-electron chi connectivity index (χ3n) is 2.38. The Morgan fingerprint density at radius 2 is 2.00 bits per heavy atom. The molecule has 1 unspecified atom stereocenters. The van der Waals surface area contributed by atoms with Crippen molar-refractivity contribution in [3.63, 3.8) is 0 Å². The number of sulfonamides is 1. The lowest BCUT2D eigenvalue weighted by Gasteiger charge is -2.23. The van der Waals surface area contributed by atoms with E-state index in [2.05, 4.69) is 12.2 Å². The van der Waals surface area contributed by atoms with Gasteiger partial charge in [0.15, 0.2) is 0 Å². The first-order valence-corrected chi connectivity index (χ1v) is 6.67. The van der Waals surface area contributed by atoms with Gasteiger partial charge < -0.3 is 5.32 Å². The van der Waals surface area contributed by atoms with E-state index in [0.717, 1.165) is 12.8 Å². The van der Waals surface area contributed by atoms with Crippen molar-refractivity contribution in [3.05, 3.63) is 0 Å². The Bertz CT molecular complexity index is 239. The van der Waals surface area contributed by atoms with E-state index in [4.69, 9.17) is 0 Å². The van der Waals surface area contributed by atoms with Gasteiger partial charge >= 0.3 is 0 Å². The van der Waals surface area contributed by atoms with Crippen LogP contribution in [0.2, 0.25) is 0 Å². The van der Waals surface area contributed by atoms with Crippen molar-refractivity contribution in [1.82, 2.24) is 9.62 Å². The monoisotopic (exact) mass is 222 g/mol. The van der Waals surface area contributed by atoms with Gasteiger partial charge in [-0.05, 0) is 20.4 Å². The van der Waals surface area contributed by atoms with Crippen LogP contribution in [-0.2, 0) is 10.0 Å². The van der Waals surface area contributed by atoms with Crippen LogP contribution in [0.25, 0.3) is 0 Å². The van der Waals surface area contributed by atoms with E-state index in [-0.39, 0.29) is 11.8 Å². The van der Waals surface area contributed by atoms with Crippen molar-refractivity contribution in [2.45, 2.75) is 32.7 Å². The molecule has 1 N–H and O–H groups in total. The average Bonchev–Trinajstić information content (AvgIpc) is 2.14. The van der Waals surface area contributed by atoms with E-state index in [1.165, 1.54) is 4.31 Å². The highest BCUT2D eigenvalue weighted by Crippen LogP contribution is 2.09. The van der Waals surface area contributed by atoms with Crippen LogP contribution >= 0.6 is 0 Å². The van der Waals surface area contributed by atoms with Gasteiger partial charge in [0.25, 0.3) is 0 Å². The van der Waals surface area contributed by atoms with Gasteiger partial charge in [-0.15, -0.1) is 0 Å². The first-order valence-electron chi connectivity index (χ1n) is 5.06. The number of hydrogen-bond acceptors (Lipinski definition) is 3. The van der Waals surface area contributed by atoms with Crippen molar-refractivity contribution in [2.24, 2.45) is 0 Å². The summed E-state index contributed by atoms with van der Waals surface area (Å²) in [6.07, 6.45) is 1.92. The molecule has 0 bridgehead atoms. The van der Waals surface area contributed by atoms with Gasteiger partial charge in [-0.25, -0.2) is 12.7 Å². The van der Waals surface area contributed by atoms with Crippen molar-refractivity contribution < 1.29 is 8.42 Å². The van der Waals surface area contributed by atoms with Crippen molar-refractivity contribution in [1.29, 1.82) is 0 Å². The van der Waals surface area contributed by atoms with Crippen LogP contribution in [0.3, 0.4) is 0 Å². The first kappa shape index (κ1) is 13.9.